The third kappa shape index (κ3) is 4.59. The van der Waals surface area contributed by atoms with E-state index in [1.165, 1.54) is 18.2 Å². The van der Waals surface area contributed by atoms with E-state index in [-0.39, 0.29) is 28.9 Å². The first-order valence-electron chi connectivity index (χ1n) is 9.02. The molecule has 8 heteroatoms. The summed E-state index contributed by atoms with van der Waals surface area (Å²) < 4.78 is 0. The van der Waals surface area contributed by atoms with Gasteiger partial charge in [-0.2, -0.15) is 0 Å². The fourth-order valence-corrected chi connectivity index (χ4v) is 3.34. The number of aromatic nitrogens is 1. The molecule has 3 rings (SSSR count). The van der Waals surface area contributed by atoms with Gasteiger partial charge in [0.1, 0.15) is 0 Å². The van der Waals surface area contributed by atoms with Gasteiger partial charge in [0, 0.05) is 30.1 Å². The van der Waals surface area contributed by atoms with Crippen molar-refractivity contribution in [1.29, 1.82) is 0 Å². The first kappa shape index (κ1) is 18.8. The number of nitro groups is 1. The molecule has 0 saturated carbocycles. The second-order valence-electron chi connectivity index (χ2n) is 6.62. The van der Waals surface area contributed by atoms with Crippen LogP contribution in [0.3, 0.4) is 0 Å². The van der Waals surface area contributed by atoms with Crippen LogP contribution < -0.4 is 11.1 Å². The second-order valence-corrected chi connectivity index (χ2v) is 6.62. The van der Waals surface area contributed by atoms with E-state index in [0.29, 0.717) is 6.54 Å². The summed E-state index contributed by atoms with van der Waals surface area (Å²) in [5.41, 5.74) is 7.01. The van der Waals surface area contributed by atoms with Gasteiger partial charge in [0.05, 0.1) is 22.7 Å². The van der Waals surface area contributed by atoms with Gasteiger partial charge < -0.3 is 16.0 Å². The standard InChI is InChI=1S/C19H23N5O3/c20-18-7-6-16(24(26)27)12-17(18)19(25)23(13-14-4-1-2-10-22-14)15-5-3-9-21-11-8-15/h1-2,4,6-7,10,12,15,21H,3,5,8-9,11,13,20H2. The average molecular weight is 369 g/mol. The monoisotopic (exact) mass is 369 g/mol. The quantitative estimate of drug-likeness (QED) is 0.475. The summed E-state index contributed by atoms with van der Waals surface area (Å²) in [7, 11) is 0. The number of benzene rings is 1. The molecular weight excluding hydrogens is 346 g/mol. The Bertz CT molecular complexity index is 804. The minimum absolute atomic E-state index is 0.0215. The number of amides is 1. The number of rotatable bonds is 5. The highest BCUT2D eigenvalue weighted by Gasteiger charge is 2.28. The minimum atomic E-state index is -0.519. The number of nitro benzene ring substituents is 1. The lowest BCUT2D eigenvalue weighted by molar-refractivity contribution is -0.384. The van der Waals surface area contributed by atoms with Crippen molar-refractivity contribution >= 4 is 17.3 Å². The molecule has 2 aromatic rings. The number of carbonyl (C=O) groups is 1. The van der Waals surface area contributed by atoms with E-state index in [1.807, 2.05) is 18.2 Å². The van der Waals surface area contributed by atoms with Gasteiger partial charge in [0.15, 0.2) is 0 Å². The molecule has 0 spiro atoms. The number of nitrogens with one attached hydrogen (secondary N) is 1. The highest BCUT2D eigenvalue weighted by molar-refractivity contribution is 6.00. The van der Waals surface area contributed by atoms with E-state index in [1.54, 1.807) is 11.1 Å². The van der Waals surface area contributed by atoms with Gasteiger partial charge in [-0.15, -0.1) is 0 Å². The first-order chi connectivity index (χ1) is 13.1. The number of nitrogen functional groups attached to an aromatic ring is 1. The Morgan fingerprint density at radius 3 is 2.89 bits per heavy atom. The molecule has 1 aliphatic heterocycles. The van der Waals surface area contributed by atoms with Crippen LogP contribution in [0.5, 0.6) is 0 Å². The predicted octanol–water partition coefficient (Wildman–Crippen LogP) is 2.36. The van der Waals surface area contributed by atoms with Crippen molar-refractivity contribution in [3.05, 3.63) is 64.0 Å². The molecule has 8 nitrogen and oxygen atoms in total. The van der Waals surface area contributed by atoms with Gasteiger partial charge in [-0.05, 0) is 50.6 Å². The molecule has 1 saturated heterocycles. The Morgan fingerprint density at radius 1 is 1.30 bits per heavy atom. The maximum atomic E-state index is 13.3. The summed E-state index contributed by atoms with van der Waals surface area (Å²) in [6, 6.07) is 9.58. The Morgan fingerprint density at radius 2 is 2.15 bits per heavy atom. The Balaban J connectivity index is 1.94. The molecular formula is C19H23N5O3. The van der Waals surface area contributed by atoms with E-state index in [0.717, 1.165) is 38.0 Å². The third-order valence-electron chi connectivity index (χ3n) is 4.78. The number of pyridine rings is 1. The summed E-state index contributed by atoms with van der Waals surface area (Å²) >= 11 is 0. The van der Waals surface area contributed by atoms with Gasteiger partial charge in [0.25, 0.3) is 11.6 Å². The summed E-state index contributed by atoms with van der Waals surface area (Å²) in [6.45, 7) is 2.08. The number of nitrogens with zero attached hydrogens (tertiary/aromatic N) is 3. The number of non-ortho nitro benzene ring substituents is 1. The van der Waals surface area contributed by atoms with Crippen LogP contribution >= 0.6 is 0 Å². The van der Waals surface area contributed by atoms with Crippen molar-refractivity contribution in [1.82, 2.24) is 15.2 Å². The van der Waals surface area contributed by atoms with E-state index in [4.69, 9.17) is 5.73 Å². The minimum Gasteiger partial charge on any atom is -0.398 e. The number of anilines is 1. The largest absolute Gasteiger partial charge is 0.398 e. The molecule has 1 atom stereocenters. The first-order valence-corrected chi connectivity index (χ1v) is 9.02. The lowest BCUT2D eigenvalue weighted by atomic mass is 10.0. The van der Waals surface area contributed by atoms with Gasteiger partial charge in [-0.3, -0.25) is 19.9 Å². The van der Waals surface area contributed by atoms with Crippen LogP contribution in [0.2, 0.25) is 0 Å². The Hall–Kier alpha value is -3.00. The van der Waals surface area contributed by atoms with Crippen LogP contribution in [0.25, 0.3) is 0 Å². The highest BCUT2D eigenvalue weighted by atomic mass is 16.6. The molecule has 1 aliphatic rings. The Kier molecular flexibility index (Phi) is 5.97. The molecule has 2 heterocycles. The maximum absolute atomic E-state index is 13.3. The lowest BCUT2D eigenvalue weighted by Crippen LogP contribution is -2.40. The number of hydrogen-bond donors (Lipinski definition) is 2. The van der Waals surface area contributed by atoms with Gasteiger partial charge in [-0.1, -0.05) is 6.07 Å². The van der Waals surface area contributed by atoms with Crippen LogP contribution in [-0.2, 0) is 6.54 Å². The maximum Gasteiger partial charge on any atom is 0.270 e. The van der Waals surface area contributed by atoms with Crippen molar-refractivity contribution < 1.29 is 9.72 Å². The molecule has 1 aromatic heterocycles. The predicted molar refractivity (Wildman–Crippen MR) is 102 cm³/mol. The smallest absolute Gasteiger partial charge is 0.270 e. The third-order valence-corrected chi connectivity index (χ3v) is 4.78. The van der Waals surface area contributed by atoms with Crippen LogP contribution in [0.1, 0.15) is 35.3 Å². The van der Waals surface area contributed by atoms with Crippen LogP contribution in [-0.4, -0.2) is 39.8 Å². The molecule has 1 amide bonds. The molecule has 27 heavy (non-hydrogen) atoms. The fraction of sp³-hybridized carbons (Fsp3) is 0.368. The molecule has 0 radical (unpaired) electrons. The van der Waals surface area contributed by atoms with Crippen molar-refractivity contribution in [2.24, 2.45) is 0 Å². The summed E-state index contributed by atoms with van der Waals surface area (Å²) in [4.78, 5) is 30.0. The average Bonchev–Trinajstić information content (AvgIpc) is 2.96. The van der Waals surface area contributed by atoms with E-state index in [9.17, 15) is 14.9 Å². The molecule has 142 valence electrons. The van der Waals surface area contributed by atoms with Gasteiger partial charge in [0.2, 0.25) is 0 Å². The second kappa shape index (κ2) is 8.59. The molecule has 3 N–H and O–H groups in total. The van der Waals surface area contributed by atoms with Crippen LogP contribution in [0.4, 0.5) is 11.4 Å². The van der Waals surface area contributed by atoms with Crippen molar-refractivity contribution in [3.8, 4) is 0 Å². The molecule has 1 fully saturated rings. The highest BCUT2D eigenvalue weighted by Crippen LogP contribution is 2.25. The zero-order chi connectivity index (χ0) is 19.2. The van der Waals surface area contributed by atoms with Gasteiger partial charge in [-0.25, -0.2) is 0 Å². The Labute approximate surface area is 157 Å². The molecule has 0 aliphatic carbocycles. The zero-order valence-electron chi connectivity index (χ0n) is 15.0. The SMILES string of the molecule is Nc1ccc([N+](=O)[O-])cc1C(=O)N(Cc1ccccn1)C1CCCNCC1. The number of hydrogen-bond acceptors (Lipinski definition) is 6. The van der Waals surface area contributed by atoms with Gasteiger partial charge >= 0.3 is 0 Å². The van der Waals surface area contributed by atoms with E-state index < -0.39 is 4.92 Å². The van der Waals surface area contributed by atoms with E-state index in [2.05, 4.69) is 10.3 Å². The fourth-order valence-electron chi connectivity index (χ4n) is 3.34. The van der Waals surface area contributed by atoms with Crippen LogP contribution in [0.15, 0.2) is 42.6 Å². The molecule has 1 unspecified atom stereocenters. The lowest BCUT2D eigenvalue weighted by Gasteiger charge is -2.31. The summed E-state index contributed by atoms with van der Waals surface area (Å²) in [6.07, 6.45) is 4.32. The molecule has 0 bridgehead atoms. The zero-order valence-corrected chi connectivity index (χ0v) is 15.0. The van der Waals surface area contributed by atoms with Crippen molar-refractivity contribution in [2.45, 2.75) is 31.8 Å². The van der Waals surface area contributed by atoms with Crippen molar-refractivity contribution in [2.75, 3.05) is 18.8 Å². The number of carbonyl (C=O) groups excluding carboxylic acids is 1. The summed E-state index contributed by atoms with van der Waals surface area (Å²) in [5.74, 6) is -0.297. The number of nitrogens with two attached hydrogens (primary N) is 1. The van der Waals surface area contributed by atoms with Crippen LogP contribution in [0, 0.1) is 10.1 Å². The van der Waals surface area contributed by atoms with Crippen molar-refractivity contribution in [3.63, 3.8) is 0 Å². The topological polar surface area (TPSA) is 114 Å². The summed E-state index contributed by atoms with van der Waals surface area (Å²) in [5, 5.41) is 14.5. The normalized spacial score (nSPS) is 17.1. The van der Waals surface area contributed by atoms with E-state index >= 15 is 0 Å². The molecule has 1 aromatic carbocycles.